The quantitative estimate of drug-likeness (QED) is 0.169. The molecule has 2 aromatic heterocycles. The van der Waals surface area contributed by atoms with Gasteiger partial charge in [0.25, 0.3) is 0 Å². The molecule has 2 aliphatic carbocycles. The molecule has 1 saturated carbocycles. The van der Waals surface area contributed by atoms with E-state index in [2.05, 4.69) is 158 Å². The van der Waals surface area contributed by atoms with Crippen LogP contribution in [0.15, 0.2) is 192 Å². The molecule has 61 heavy (non-hydrogen) atoms. The van der Waals surface area contributed by atoms with E-state index in [0.717, 1.165) is 60.9 Å². The van der Waals surface area contributed by atoms with Crippen molar-refractivity contribution in [3.63, 3.8) is 0 Å². The number of furan rings is 1. The zero-order chi connectivity index (χ0) is 40.3. The summed E-state index contributed by atoms with van der Waals surface area (Å²) in [6, 6.07) is 67.0. The molecule has 0 unspecified atom stereocenters. The van der Waals surface area contributed by atoms with Crippen molar-refractivity contribution in [1.29, 1.82) is 0 Å². The summed E-state index contributed by atoms with van der Waals surface area (Å²) in [6.45, 7) is 0. The number of aromatic nitrogens is 3. The lowest BCUT2D eigenvalue weighted by molar-refractivity contribution is 0.353. The second-order valence-electron chi connectivity index (χ2n) is 16.6. The van der Waals surface area contributed by atoms with Crippen molar-refractivity contribution < 1.29 is 4.42 Å². The van der Waals surface area contributed by atoms with Crippen molar-refractivity contribution in [2.45, 2.75) is 37.5 Å². The lowest BCUT2D eigenvalue weighted by Crippen LogP contribution is -2.27. The zero-order valence-electron chi connectivity index (χ0n) is 33.7. The summed E-state index contributed by atoms with van der Waals surface area (Å²) in [5, 5.41) is 2.10. The molecule has 0 atom stereocenters. The van der Waals surface area contributed by atoms with E-state index in [1.54, 1.807) is 0 Å². The molecule has 1 spiro atoms. The van der Waals surface area contributed by atoms with E-state index in [0.29, 0.717) is 17.5 Å². The fourth-order valence-corrected chi connectivity index (χ4v) is 10.3. The summed E-state index contributed by atoms with van der Waals surface area (Å²) in [7, 11) is 0. The van der Waals surface area contributed by atoms with Crippen LogP contribution in [0.5, 0.6) is 0 Å². The second-order valence-corrected chi connectivity index (χ2v) is 16.6. The van der Waals surface area contributed by atoms with Crippen LogP contribution in [0.1, 0.15) is 43.2 Å². The van der Waals surface area contributed by atoms with Crippen molar-refractivity contribution in [2.75, 3.05) is 0 Å². The molecular formula is C57H41N3O. The van der Waals surface area contributed by atoms with Crippen LogP contribution in [0, 0.1) is 0 Å². The number of para-hydroxylation sites is 2. The summed E-state index contributed by atoms with van der Waals surface area (Å²) in [4.78, 5) is 15.6. The topological polar surface area (TPSA) is 51.8 Å². The number of hydrogen-bond donors (Lipinski definition) is 0. The van der Waals surface area contributed by atoms with Crippen molar-refractivity contribution >= 4 is 21.9 Å². The molecule has 4 nitrogen and oxygen atoms in total. The van der Waals surface area contributed by atoms with Crippen molar-refractivity contribution in [1.82, 2.24) is 15.0 Å². The van der Waals surface area contributed by atoms with Gasteiger partial charge in [-0.3, -0.25) is 0 Å². The highest BCUT2D eigenvalue weighted by molar-refractivity contribution is 6.09. The van der Waals surface area contributed by atoms with Gasteiger partial charge in [0, 0.05) is 27.3 Å². The van der Waals surface area contributed by atoms with Gasteiger partial charge in [0.1, 0.15) is 11.2 Å². The Hall–Kier alpha value is -7.43. The SMILES string of the molecule is c1ccc(-c2cccc(-c3nc(-c4cccc(-c5cccc(-c6cccc7c6-c6ccccc6C76CCCCC6)c5)c4)nc(-c4cccc5c4oc4ccccc45)n3)c2)cc1. The maximum Gasteiger partial charge on any atom is 0.167 e. The van der Waals surface area contributed by atoms with Gasteiger partial charge in [0.2, 0.25) is 0 Å². The minimum Gasteiger partial charge on any atom is -0.455 e. The Morgan fingerprint density at radius 3 is 1.64 bits per heavy atom. The van der Waals surface area contributed by atoms with Crippen molar-refractivity contribution in [3.05, 3.63) is 199 Å². The van der Waals surface area contributed by atoms with Gasteiger partial charge in [0.15, 0.2) is 17.5 Å². The Kier molecular flexibility index (Phi) is 8.38. The number of hydrogen-bond acceptors (Lipinski definition) is 4. The third-order valence-corrected chi connectivity index (χ3v) is 13.1. The minimum absolute atomic E-state index is 0.118. The number of rotatable bonds is 6. The summed E-state index contributed by atoms with van der Waals surface area (Å²) >= 11 is 0. The molecule has 1 fully saturated rings. The first kappa shape index (κ1) is 35.5. The van der Waals surface area contributed by atoms with Crippen LogP contribution < -0.4 is 0 Å². The standard InChI is InChI=1S/C57H41N3O/c1-3-16-37(17-4-1)38-18-12-22-42(35-38)54-58-55(60-56(59-54)48-28-14-27-46-45-24-6-8-31-51(45)61-53(46)48)43-23-13-20-40(36-43)39-19-11-21-41(34-39)44-26-15-30-50-52(44)47-25-5-7-29-49(47)57(50)32-9-2-10-33-57/h1,3-8,11-31,34-36H,2,9-10,32-33H2. The summed E-state index contributed by atoms with van der Waals surface area (Å²) < 4.78 is 6.51. The maximum absolute atomic E-state index is 6.51. The van der Waals surface area contributed by atoms with Crippen LogP contribution >= 0.6 is 0 Å². The predicted molar refractivity (Wildman–Crippen MR) is 249 cm³/mol. The van der Waals surface area contributed by atoms with Gasteiger partial charge in [-0.1, -0.05) is 177 Å². The first-order chi connectivity index (χ1) is 30.2. The summed E-state index contributed by atoms with van der Waals surface area (Å²) in [6.07, 6.45) is 6.33. The molecule has 0 bridgehead atoms. The molecule has 8 aromatic carbocycles. The van der Waals surface area contributed by atoms with Gasteiger partial charge in [-0.15, -0.1) is 0 Å². The van der Waals surface area contributed by atoms with E-state index < -0.39 is 0 Å². The van der Waals surface area contributed by atoms with E-state index in [-0.39, 0.29) is 5.41 Å². The van der Waals surface area contributed by atoms with Gasteiger partial charge in [-0.25, -0.2) is 15.0 Å². The lowest BCUT2D eigenvalue weighted by Gasteiger charge is -2.36. The molecule has 4 heteroatoms. The van der Waals surface area contributed by atoms with Crippen LogP contribution in [0.4, 0.5) is 0 Å². The highest BCUT2D eigenvalue weighted by Gasteiger charge is 2.44. The highest BCUT2D eigenvalue weighted by Crippen LogP contribution is 2.58. The predicted octanol–water partition coefficient (Wildman–Crippen LogP) is 15.0. The van der Waals surface area contributed by atoms with Crippen LogP contribution in [0.3, 0.4) is 0 Å². The number of nitrogens with zero attached hydrogens (tertiary/aromatic N) is 3. The molecule has 0 saturated heterocycles. The molecule has 0 aliphatic heterocycles. The normalized spacial score (nSPS) is 14.0. The first-order valence-electron chi connectivity index (χ1n) is 21.5. The van der Waals surface area contributed by atoms with Crippen LogP contribution in [-0.4, -0.2) is 15.0 Å². The Morgan fingerprint density at radius 1 is 0.361 bits per heavy atom. The van der Waals surface area contributed by atoms with Gasteiger partial charge < -0.3 is 4.42 Å². The lowest BCUT2D eigenvalue weighted by atomic mass is 9.68. The number of benzene rings is 8. The summed E-state index contributed by atoms with van der Waals surface area (Å²) in [5.74, 6) is 1.77. The molecule has 0 radical (unpaired) electrons. The average Bonchev–Trinajstić information content (AvgIpc) is 3.85. The largest absolute Gasteiger partial charge is 0.455 e. The molecule has 2 heterocycles. The van der Waals surface area contributed by atoms with E-state index in [4.69, 9.17) is 19.4 Å². The third kappa shape index (κ3) is 5.93. The Balaban J connectivity index is 0.984. The highest BCUT2D eigenvalue weighted by atomic mass is 16.3. The molecule has 10 aromatic rings. The maximum atomic E-state index is 6.51. The van der Waals surface area contributed by atoms with Gasteiger partial charge in [-0.2, -0.15) is 0 Å². The Bertz CT molecular complexity index is 3300. The molecule has 290 valence electrons. The Morgan fingerprint density at radius 2 is 0.869 bits per heavy atom. The molecule has 2 aliphatic rings. The second kappa shape index (κ2) is 14.4. The monoisotopic (exact) mass is 783 g/mol. The van der Waals surface area contributed by atoms with Gasteiger partial charge in [-0.05, 0) is 98.8 Å². The fourth-order valence-electron chi connectivity index (χ4n) is 10.3. The van der Waals surface area contributed by atoms with E-state index >= 15 is 0 Å². The smallest absolute Gasteiger partial charge is 0.167 e. The molecule has 12 rings (SSSR count). The first-order valence-corrected chi connectivity index (χ1v) is 21.5. The molecule has 0 N–H and O–H groups in total. The third-order valence-electron chi connectivity index (χ3n) is 13.1. The van der Waals surface area contributed by atoms with Crippen LogP contribution in [0.2, 0.25) is 0 Å². The molecular weight excluding hydrogens is 743 g/mol. The van der Waals surface area contributed by atoms with Crippen molar-refractivity contribution in [3.8, 4) is 78.7 Å². The van der Waals surface area contributed by atoms with Crippen LogP contribution in [0.25, 0.3) is 101 Å². The van der Waals surface area contributed by atoms with Gasteiger partial charge in [0.05, 0.1) is 5.56 Å². The fraction of sp³-hybridized carbons (Fsp3) is 0.105. The minimum atomic E-state index is 0.118. The molecule has 0 amide bonds. The van der Waals surface area contributed by atoms with Crippen LogP contribution in [-0.2, 0) is 5.41 Å². The zero-order valence-corrected chi connectivity index (χ0v) is 33.7. The van der Waals surface area contributed by atoms with E-state index in [1.807, 2.05) is 30.3 Å². The van der Waals surface area contributed by atoms with E-state index in [9.17, 15) is 0 Å². The Labute approximate surface area is 355 Å². The van der Waals surface area contributed by atoms with Crippen molar-refractivity contribution in [2.24, 2.45) is 0 Å². The summed E-state index contributed by atoms with van der Waals surface area (Å²) in [5.41, 5.74) is 17.2. The van der Waals surface area contributed by atoms with E-state index in [1.165, 1.54) is 65.5 Å². The van der Waals surface area contributed by atoms with Gasteiger partial charge >= 0.3 is 0 Å². The number of fused-ring (bicyclic) bond motifs is 8. The average molecular weight is 784 g/mol.